The summed E-state index contributed by atoms with van der Waals surface area (Å²) in [5.41, 5.74) is 2.46. The van der Waals surface area contributed by atoms with Gasteiger partial charge in [-0.3, -0.25) is 9.59 Å². The Bertz CT molecular complexity index is 669. The number of likely N-dealkylation sites (N-methyl/N-ethyl adjacent to an activating group) is 1. The van der Waals surface area contributed by atoms with Crippen molar-refractivity contribution in [3.05, 3.63) is 28.8 Å². The summed E-state index contributed by atoms with van der Waals surface area (Å²) in [6.07, 6.45) is 4.33. The molecule has 2 saturated heterocycles. The highest BCUT2D eigenvalue weighted by atomic mass is 16.5. The van der Waals surface area contributed by atoms with Gasteiger partial charge in [0.15, 0.2) is 6.61 Å². The van der Waals surface area contributed by atoms with Gasteiger partial charge in [0.25, 0.3) is 11.8 Å². The number of benzene rings is 1. The van der Waals surface area contributed by atoms with Crippen molar-refractivity contribution in [2.45, 2.75) is 45.6 Å². The van der Waals surface area contributed by atoms with Crippen molar-refractivity contribution in [3.8, 4) is 5.75 Å². The molecule has 2 fully saturated rings. The van der Waals surface area contributed by atoms with E-state index in [9.17, 15) is 9.59 Å². The smallest absolute Gasteiger partial charge is 0.260 e. The van der Waals surface area contributed by atoms with Gasteiger partial charge in [0.2, 0.25) is 0 Å². The summed E-state index contributed by atoms with van der Waals surface area (Å²) in [6, 6.07) is 3.99. The average Bonchev–Trinajstić information content (AvgIpc) is 3.21. The number of aryl methyl sites for hydroxylation is 2. The summed E-state index contributed by atoms with van der Waals surface area (Å²) in [6.45, 7) is 7.38. The predicted molar refractivity (Wildman–Crippen MR) is 105 cm³/mol. The summed E-state index contributed by atoms with van der Waals surface area (Å²) >= 11 is 0. The lowest BCUT2D eigenvalue weighted by atomic mass is 10.0. The van der Waals surface area contributed by atoms with Crippen molar-refractivity contribution in [3.63, 3.8) is 0 Å². The maximum atomic E-state index is 12.8. The molecule has 2 heterocycles. The minimum atomic E-state index is 0.0332. The lowest BCUT2D eigenvalue weighted by Gasteiger charge is -2.27. The van der Waals surface area contributed by atoms with Crippen LogP contribution in [0.1, 0.15) is 47.2 Å². The normalized spacial score (nSPS) is 19.8. The van der Waals surface area contributed by atoms with Gasteiger partial charge in [-0.15, -0.1) is 0 Å². The van der Waals surface area contributed by atoms with Gasteiger partial charge >= 0.3 is 0 Å². The second-order valence-electron chi connectivity index (χ2n) is 7.73. The molecule has 0 saturated carbocycles. The highest BCUT2D eigenvalue weighted by molar-refractivity contribution is 5.95. The van der Waals surface area contributed by atoms with Gasteiger partial charge in [0.05, 0.1) is 0 Å². The summed E-state index contributed by atoms with van der Waals surface area (Å²) in [5.74, 6) is 0.787. The number of hydrogen-bond donors (Lipinski definition) is 1. The number of likely N-dealkylation sites (tertiary alicyclic amines) is 1. The first-order valence-electron chi connectivity index (χ1n) is 9.97. The standard InChI is InChI=1S/C21H31N3O3/c1-15-11-17(21(26)23(3)18-7-8-22-13-18)12-16(2)20(15)27-14-19(25)24-9-5-4-6-10-24/h11-12,18,22H,4-10,13-14H2,1-3H3. The summed E-state index contributed by atoms with van der Waals surface area (Å²) < 4.78 is 5.85. The van der Waals surface area contributed by atoms with E-state index in [4.69, 9.17) is 4.74 Å². The van der Waals surface area contributed by atoms with E-state index in [2.05, 4.69) is 5.32 Å². The van der Waals surface area contributed by atoms with E-state index in [0.29, 0.717) is 11.3 Å². The number of amides is 2. The van der Waals surface area contributed by atoms with E-state index in [-0.39, 0.29) is 24.5 Å². The Balaban J connectivity index is 1.65. The molecule has 6 nitrogen and oxygen atoms in total. The number of ether oxygens (including phenoxy) is 1. The Morgan fingerprint density at radius 2 is 1.85 bits per heavy atom. The fraction of sp³-hybridized carbons (Fsp3) is 0.619. The third kappa shape index (κ3) is 4.61. The fourth-order valence-electron chi connectivity index (χ4n) is 4.01. The van der Waals surface area contributed by atoms with Crippen LogP contribution in [-0.4, -0.2) is 67.5 Å². The van der Waals surface area contributed by atoms with Crippen LogP contribution >= 0.6 is 0 Å². The van der Waals surface area contributed by atoms with E-state index in [1.165, 1.54) is 6.42 Å². The quantitative estimate of drug-likeness (QED) is 0.859. The van der Waals surface area contributed by atoms with Crippen molar-refractivity contribution in [1.82, 2.24) is 15.1 Å². The van der Waals surface area contributed by atoms with Gasteiger partial charge in [0, 0.05) is 38.3 Å². The number of hydrogen-bond acceptors (Lipinski definition) is 4. The summed E-state index contributed by atoms with van der Waals surface area (Å²) in [5, 5.41) is 3.30. The monoisotopic (exact) mass is 373 g/mol. The molecular formula is C21H31N3O3. The summed E-state index contributed by atoms with van der Waals surface area (Å²) in [4.78, 5) is 28.9. The zero-order valence-corrected chi connectivity index (χ0v) is 16.7. The van der Waals surface area contributed by atoms with Gasteiger partial charge in [-0.1, -0.05) is 0 Å². The molecule has 27 heavy (non-hydrogen) atoms. The lowest BCUT2D eigenvalue weighted by molar-refractivity contribution is -0.134. The molecule has 0 radical (unpaired) electrons. The van der Waals surface area contributed by atoms with E-state index >= 15 is 0 Å². The molecule has 1 N–H and O–H groups in total. The van der Waals surface area contributed by atoms with Crippen molar-refractivity contribution in [2.75, 3.05) is 39.8 Å². The maximum absolute atomic E-state index is 12.8. The number of carbonyl (C=O) groups is 2. The van der Waals surface area contributed by atoms with Gasteiger partial charge in [-0.05, 0) is 69.3 Å². The molecule has 2 amide bonds. The van der Waals surface area contributed by atoms with Crippen molar-refractivity contribution in [1.29, 1.82) is 0 Å². The van der Waals surface area contributed by atoms with Crippen LogP contribution in [0.5, 0.6) is 5.75 Å². The topological polar surface area (TPSA) is 61.9 Å². The number of piperidine rings is 1. The van der Waals surface area contributed by atoms with E-state index in [0.717, 1.165) is 56.6 Å². The first-order valence-corrected chi connectivity index (χ1v) is 9.97. The van der Waals surface area contributed by atoms with Gasteiger partial charge in [-0.25, -0.2) is 0 Å². The molecule has 0 spiro atoms. The predicted octanol–water partition coefficient (Wildman–Crippen LogP) is 2.13. The highest BCUT2D eigenvalue weighted by Gasteiger charge is 2.25. The molecule has 2 aliphatic rings. The van der Waals surface area contributed by atoms with Crippen molar-refractivity contribution in [2.24, 2.45) is 0 Å². The van der Waals surface area contributed by atoms with Crippen LogP contribution in [0.25, 0.3) is 0 Å². The zero-order valence-electron chi connectivity index (χ0n) is 16.7. The molecule has 148 valence electrons. The SMILES string of the molecule is Cc1cc(C(=O)N(C)C2CCNC2)cc(C)c1OCC(=O)N1CCCCC1. The Morgan fingerprint density at radius 1 is 1.19 bits per heavy atom. The lowest BCUT2D eigenvalue weighted by Crippen LogP contribution is -2.39. The molecule has 1 aromatic rings. The third-order valence-corrected chi connectivity index (χ3v) is 5.66. The zero-order chi connectivity index (χ0) is 19.4. The van der Waals surface area contributed by atoms with Gasteiger partial charge < -0.3 is 19.9 Å². The Kier molecular flexibility index (Phi) is 6.37. The van der Waals surface area contributed by atoms with E-state index in [1.54, 1.807) is 0 Å². The van der Waals surface area contributed by atoms with Gasteiger partial charge in [-0.2, -0.15) is 0 Å². The van der Waals surface area contributed by atoms with Crippen LogP contribution in [0.2, 0.25) is 0 Å². The molecule has 3 rings (SSSR count). The minimum absolute atomic E-state index is 0.0332. The molecular weight excluding hydrogens is 342 g/mol. The number of nitrogens with one attached hydrogen (secondary N) is 1. The number of nitrogens with zero attached hydrogens (tertiary/aromatic N) is 2. The first kappa shape index (κ1) is 19.7. The highest BCUT2D eigenvalue weighted by Crippen LogP contribution is 2.26. The van der Waals surface area contributed by atoms with Crippen molar-refractivity contribution < 1.29 is 14.3 Å². The second-order valence-corrected chi connectivity index (χ2v) is 7.73. The second kappa shape index (κ2) is 8.74. The number of rotatable bonds is 5. The minimum Gasteiger partial charge on any atom is -0.483 e. The maximum Gasteiger partial charge on any atom is 0.260 e. The molecule has 0 bridgehead atoms. The molecule has 1 unspecified atom stereocenters. The molecule has 0 aliphatic carbocycles. The van der Waals surface area contributed by atoms with Crippen LogP contribution in [0, 0.1) is 13.8 Å². The molecule has 1 atom stereocenters. The molecule has 0 aromatic heterocycles. The molecule has 6 heteroatoms. The molecule has 2 aliphatic heterocycles. The third-order valence-electron chi connectivity index (χ3n) is 5.66. The van der Waals surface area contributed by atoms with Crippen LogP contribution in [0.3, 0.4) is 0 Å². The van der Waals surface area contributed by atoms with E-state index in [1.807, 2.05) is 42.8 Å². The Hall–Kier alpha value is -2.08. The van der Waals surface area contributed by atoms with Gasteiger partial charge in [0.1, 0.15) is 5.75 Å². The van der Waals surface area contributed by atoms with Crippen LogP contribution < -0.4 is 10.1 Å². The van der Waals surface area contributed by atoms with E-state index < -0.39 is 0 Å². The van der Waals surface area contributed by atoms with Crippen LogP contribution in [0.15, 0.2) is 12.1 Å². The summed E-state index contributed by atoms with van der Waals surface area (Å²) in [7, 11) is 1.87. The Labute approximate surface area is 161 Å². The fourth-order valence-corrected chi connectivity index (χ4v) is 4.01. The average molecular weight is 373 g/mol. The van der Waals surface area contributed by atoms with Crippen LogP contribution in [0.4, 0.5) is 0 Å². The molecule has 1 aromatic carbocycles. The number of carbonyl (C=O) groups excluding carboxylic acids is 2. The van der Waals surface area contributed by atoms with Crippen LogP contribution in [-0.2, 0) is 4.79 Å². The first-order chi connectivity index (χ1) is 13.0. The Morgan fingerprint density at radius 3 is 2.44 bits per heavy atom. The van der Waals surface area contributed by atoms with Crippen molar-refractivity contribution >= 4 is 11.8 Å². The largest absolute Gasteiger partial charge is 0.483 e.